The van der Waals surface area contributed by atoms with E-state index in [9.17, 15) is 4.79 Å². The smallest absolute Gasteiger partial charge is 0.224 e. The molecular weight excluding hydrogens is 290 g/mol. The molecule has 0 aliphatic carbocycles. The molecule has 1 rings (SSSR count). The van der Waals surface area contributed by atoms with Gasteiger partial charge in [0, 0.05) is 16.6 Å². The summed E-state index contributed by atoms with van der Waals surface area (Å²) in [4.78, 5) is 12.0. The van der Waals surface area contributed by atoms with E-state index >= 15 is 0 Å². The molecule has 0 fully saturated rings. The molecule has 1 aromatic rings. The van der Waals surface area contributed by atoms with Gasteiger partial charge in [0.05, 0.1) is 0 Å². The first kappa shape index (κ1) is 15.2. The zero-order valence-corrected chi connectivity index (χ0v) is 13.4. The van der Waals surface area contributed by atoms with Gasteiger partial charge in [0.15, 0.2) is 0 Å². The Kier molecular flexibility index (Phi) is 4.97. The maximum Gasteiger partial charge on any atom is 0.224 e. The van der Waals surface area contributed by atoms with Crippen LogP contribution in [0, 0.1) is 18.3 Å². The van der Waals surface area contributed by atoms with Gasteiger partial charge in [0.25, 0.3) is 0 Å². The minimum atomic E-state index is 0.0821. The van der Waals surface area contributed by atoms with Crippen molar-refractivity contribution in [2.75, 3.05) is 5.32 Å². The fourth-order valence-electron chi connectivity index (χ4n) is 1.53. The Labute approximate surface area is 118 Å². The molecule has 3 heteroatoms. The number of carbonyl (C=O) groups is 1. The van der Waals surface area contributed by atoms with Crippen LogP contribution in [0.5, 0.6) is 0 Å². The zero-order valence-electron chi connectivity index (χ0n) is 11.8. The molecule has 0 aliphatic heterocycles. The maximum absolute atomic E-state index is 12.0. The van der Waals surface area contributed by atoms with Crippen molar-refractivity contribution >= 4 is 27.5 Å². The monoisotopic (exact) mass is 311 g/mol. The Hall–Kier alpha value is -0.830. The number of anilines is 1. The molecule has 0 heterocycles. The highest BCUT2D eigenvalue weighted by atomic mass is 79.9. The molecule has 0 radical (unpaired) electrons. The van der Waals surface area contributed by atoms with Crippen molar-refractivity contribution in [1.82, 2.24) is 0 Å². The van der Waals surface area contributed by atoms with E-state index in [1.54, 1.807) is 0 Å². The Morgan fingerprint density at radius 3 is 2.56 bits per heavy atom. The van der Waals surface area contributed by atoms with Crippen LogP contribution in [0.1, 0.15) is 39.7 Å². The van der Waals surface area contributed by atoms with Crippen LogP contribution in [-0.2, 0) is 4.79 Å². The van der Waals surface area contributed by atoms with Crippen LogP contribution in [-0.4, -0.2) is 5.91 Å². The van der Waals surface area contributed by atoms with Crippen molar-refractivity contribution in [2.24, 2.45) is 11.3 Å². The molecule has 1 atom stereocenters. The van der Waals surface area contributed by atoms with E-state index in [4.69, 9.17) is 0 Å². The molecule has 1 aromatic carbocycles. The fraction of sp³-hybridized carbons (Fsp3) is 0.533. The van der Waals surface area contributed by atoms with Crippen LogP contribution in [0.3, 0.4) is 0 Å². The van der Waals surface area contributed by atoms with E-state index in [2.05, 4.69) is 48.9 Å². The van der Waals surface area contributed by atoms with Gasteiger partial charge in [-0.3, -0.25) is 4.79 Å². The van der Waals surface area contributed by atoms with Crippen molar-refractivity contribution in [3.63, 3.8) is 0 Å². The fourth-order valence-corrected chi connectivity index (χ4v) is 1.89. The molecule has 100 valence electrons. The number of halogens is 1. The molecule has 0 saturated carbocycles. The van der Waals surface area contributed by atoms with Gasteiger partial charge in [-0.15, -0.1) is 0 Å². The number of benzene rings is 1. The molecule has 18 heavy (non-hydrogen) atoms. The van der Waals surface area contributed by atoms with Gasteiger partial charge in [0.1, 0.15) is 0 Å². The second kappa shape index (κ2) is 5.87. The molecule has 0 bridgehead atoms. The van der Waals surface area contributed by atoms with Gasteiger partial charge < -0.3 is 5.32 Å². The lowest BCUT2D eigenvalue weighted by atomic mass is 9.80. The third kappa shape index (κ3) is 4.13. The van der Waals surface area contributed by atoms with Gasteiger partial charge in [-0.25, -0.2) is 0 Å². The molecule has 2 nitrogen and oxygen atoms in total. The molecule has 1 amide bonds. The molecule has 1 unspecified atom stereocenters. The van der Waals surface area contributed by atoms with Gasteiger partial charge >= 0.3 is 0 Å². The first-order valence-corrected chi connectivity index (χ1v) is 7.06. The first-order chi connectivity index (χ1) is 8.21. The molecule has 0 aliphatic rings. The molecule has 1 N–H and O–H groups in total. The van der Waals surface area contributed by atoms with Crippen LogP contribution in [0.15, 0.2) is 22.7 Å². The van der Waals surface area contributed by atoms with Crippen LogP contribution < -0.4 is 5.32 Å². The molecular formula is C15H22BrNO. The van der Waals surface area contributed by atoms with Crippen molar-refractivity contribution in [1.29, 1.82) is 0 Å². The lowest BCUT2D eigenvalue weighted by Crippen LogP contribution is -2.24. The Morgan fingerprint density at radius 1 is 1.39 bits per heavy atom. The number of hydrogen-bond donors (Lipinski definition) is 1. The van der Waals surface area contributed by atoms with E-state index in [-0.39, 0.29) is 11.3 Å². The van der Waals surface area contributed by atoms with E-state index in [0.29, 0.717) is 12.3 Å². The number of rotatable bonds is 3. The van der Waals surface area contributed by atoms with Gasteiger partial charge in [-0.2, -0.15) is 0 Å². The average Bonchev–Trinajstić information content (AvgIpc) is 2.23. The molecule has 0 spiro atoms. The highest BCUT2D eigenvalue weighted by molar-refractivity contribution is 9.10. The minimum absolute atomic E-state index is 0.0821. The number of hydrogen-bond acceptors (Lipinski definition) is 1. The summed E-state index contributed by atoms with van der Waals surface area (Å²) >= 11 is 3.47. The van der Waals surface area contributed by atoms with Gasteiger partial charge in [-0.05, 0) is 36.0 Å². The highest BCUT2D eigenvalue weighted by Gasteiger charge is 2.22. The molecule has 0 saturated heterocycles. The Balaban J connectivity index is 2.69. The number of nitrogens with one attached hydrogen (secondary N) is 1. The summed E-state index contributed by atoms with van der Waals surface area (Å²) in [5.74, 6) is 0.434. The number of carbonyl (C=O) groups excluding carboxylic acids is 1. The van der Waals surface area contributed by atoms with Crippen LogP contribution >= 0.6 is 15.9 Å². The summed E-state index contributed by atoms with van der Waals surface area (Å²) in [6.07, 6.45) is 0.551. The summed E-state index contributed by atoms with van der Waals surface area (Å²) in [5, 5.41) is 2.99. The van der Waals surface area contributed by atoms with E-state index in [1.165, 1.54) is 0 Å². The van der Waals surface area contributed by atoms with E-state index < -0.39 is 0 Å². The van der Waals surface area contributed by atoms with E-state index in [1.807, 2.05) is 25.1 Å². The Bertz CT molecular complexity index is 435. The largest absolute Gasteiger partial charge is 0.326 e. The van der Waals surface area contributed by atoms with Crippen LogP contribution in [0.4, 0.5) is 5.69 Å². The topological polar surface area (TPSA) is 29.1 Å². The van der Waals surface area contributed by atoms with Crippen molar-refractivity contribution in [3.05, 3.63) is 28.2 Å². The van der Waals surface area contributed by atoms with Crippen LogP contribution in [0.25, 0.3) is 0 Å². The van der Waals surface area contributed by atoms with Gasteiger partial charge in [-0.1, -0.05) is 49.7 Å². The third-order valence-corrected chi connectivity index (χ3v) is 4.37. The second-order valence-electron chi connectivity index (χ2n) is 5.93. The van der Waals surface area contributed by atoms with Crippen molar-refractivity contribution in [2.45, 2.75) is 41.0 Å². The number of amides is 1. The highest BCUT2D eigenvalue weighted by Crippen LogP contribution is 2.29. The predicted molar refractivity (Wildman–Crippen MR) is 80.7 cm³/mol. The summed E-state index contributed by atoms with van der Waals surface area (Å²) in [6.45, 7) is 10.6. The Morgan fingerprint density at radius 2 is 2.00 bits per heavy atom. The second-order valence-corrected chi connectivity index (χ2v) is 6.79. The standard InChI is InChI=1S/C15H22BrNO/c1-10(15(3,4)5)9-14(18)17-13-8-6-7-12(16)11(13)2/h6-8,10H,9H2,1-5H3,(H,17,18). The summed E-state index contributed by atoms with van der Waals surface area (Å²) < 4.78 is 1.02. The van der Waals surface area contributed by atoms with Gasteiger partial charge in [0.2, 0.25) is 5.91 Å². The average molecular weight is 312 g/mol. The minimum Gasteiger partial charge on any atom is -0.326 e. The molecule has 0 aromatic heterocycles. The third-order valence-electron chi connectivity index (χ3n) is 3.51. The van der Waals surface area contributed by atoms with E-state index in [0.717, 1.165) is 15.7 Å². The lowest BCUT2D eigenvalue weighted by Gasteiger charge is -2.26. The summed E-state index contributed by atoms with van der Waals surface area (Å²) in [6, 6.07) is 5.84. The maximum atomic E-state index is 12.0. The van der Waals surface area contributed by atoms with Crippen LogP contribution in [0.2, 0.25) is 0 Å². The van der Waals surface area contributed by atoms with Crippen molar-refractivity contribution in [3.8, 4) is 0 Å². The zero-order chi connectivity index (χ0) is 13.9. The summed E-state index contributed by atoms with van der Waals surface area (Å²) in [5.41, 5.74) is 2.11. The quantitative estimate of drug-likeness (QED) is 0.856. The van der Waals surface area contributed by atoms with Crippen molar-refractivity contribution < 1.29 is 4.79 Å². The SMILES string of the molecule is Cc1c(Br)cccc1NC(=O)CC(C)C(C)(C)C. The predicted octanol–water partition coefficient (Wildman–Crippen LogP) is 4.77. The lowest BCUT2D eigenvalue weighted by molar-refractivity contribution is -0.117. The summed E-state index contributed by atoms with van der Waals surface area (Å²) in [7, 11) is 0. The normalized spacial score (nSPS) is 13.2. The first-order valence-electron chi connectivity index (χ1n) is 6.26.